The van der Waals surface area contributed by atoms with Gasteiger partial charge in [-0.1, -0.05) is 0 Å². The molecule has 0 radical (unpaired) electrons. The molecular weight excluding hydrogens is 274 g/mol. The first-order valence-electron chi connectivity index (χ1n) is 5.38. The zero-order chi connectivity index (χ0) is 10.7. The van der Waals surface area contributed by atoms with Crippen LogP contribution < -0.4 is 5.32 Å². The van der Waals surface area contributed by atoms with Crippen molar-refractivity contribution in [2.45, 2.75) is 25.4 Å². The molecule has 2 nitrogen and oxygen atoms in total. The second-order valence-corrected chi connectivity index (χ2v) is 6.61. The lowest BCUT2D eigenvalue weighted by molar-refractivity contribution is 0.0897. The van der Waals surface area contributed by atoms with Crippen LogP contribution >= 0.6 is 27.3 Å². The largest absolute Gasteiger partial charge is 0.392 e. The van der Waals surface area contributed by atoms with Gasteiger partial charge in [0, 0.05) is 11.3 Å². The number of hydrogen-bond donors (Lipinski definition) is 2. The third-order valence-corrected chi connectivity index (χ3v) is 4.61. The third-order valence-electron chi connectivity index (χ3n) is 2.97. The number of hydrogen-bond acceptors (Lipinski definition) is 3. The molecule has 0 aliphatic carbocycles. The summed E-state index contributed by atoms with van der Waals surface area (Å²) in [6, 6.07) is 4.15. The minimum atomic E-state index is -0.169. The van der Waals surface area contributed by atoms with Crippen molar-refractivity contribution >= 4 is 27.3 Å². The van der Waals surface area contributed by atoms with E-state index in [9.17, 15) is 5.11 Å². The van der Waals surface area contributed by atoms with E-state index >= 15 is 0 Å². The smallest absolute Gasteiger partial charge is 0.0701 e. The number of rotatable bonds is 3. The van der Waals surface area contributed by atoms with Crippen LogP contribution in [0.1, 0.15) is 17.7 Å². The first-order valence-corrected chi connectivity index (χ1v) is 6.99. The second-order valence-electron chi connectivity index (χ2n) is 4.06. The quantitative estimate of drug-likeness (QED) is 0.896. The lowest BCUT2D eigenvalue weighted by Gasteiger charge is -2.26. The Bertz CT molecular complexity index is 309. The molecular formula is C11H16BrNOS. The van der Waals surface area contributed by atoms with E-state index < -0.39 is 0 Å². The van der Waals surface area contributed by atoms with Gasteiger partial charge in [-0.25, -0.2) is 0 Å². The number of aliphatic hydroxyl groups excluding tert-OH is 1. The molecule has 1 aliphatic heterocycles. The molecule has 2 N–H and O–H groups in total. The highest BCUT2D eigenvalue weighted by Gasteiger charge is 2.21. The van der Waals surface area contributed by atoms with Crippen molar-refractivity contribution in [1.82, 2.24) is 5.32 Å². The lowest BCUT2D eigenvalue weighted by Crippen LogP contribution is -2.34. The van der Waals surface area contributed by atoms with Crippen LogP contribution in [0.5, 0.6) is 0 Å². The standard InChI is InChI=1S/C11H16BrNOS/c12-11-2-1-9(15-11)7-10(14)8-3-5-13-6-4-8/h1-2,8,10,13-14H,3-7H2. The van der Waals surface area contributed by atoms with Gasteiger partial charge in [0.25, 0.3) is 0 Å². The third kappa shape index (κ3) is 3.28. The summed E-state index contributed by atoms with van der Waals surface area (Å²) in [5.41, 5.74) is 0. The molecule has 0 spiro atoms. The van der Waals surface area contributed by atoms with Crippen molar-refractivity contribution in [1.29, 1.82) is 0 Å². The molecule has 2 heterocycles. The van der Waals surface area contributed by atoms with Crippen molar-refractivity contribution in [3.05, 3.63) is 20.8 Å². The fourth-order valence-electron chi connectivity index (χ4n) is 2.06. The Kier molecular flexibility index (Phi) is 4.20. The highest BCUT2D eigenvalue weighted by atomic mass is 79.9. The number of aliphatic hydroxyl groups is 1. The molecule has 1 aromatic heterocycles. The van der Waals surface area contributed by atoms with E-state index in [-0.39, 0.29) is 6.10 Å². The van der Waals surface area contributed by atoms with Crippen molar-refractivity contribution in [3.63, 3.8) is 0 Å². The molecule has 4 heteroatoms. The van der Waals surface area contributed by atoms with Crippen molar-refractivity contribution in [2.24, 2.45) is 5.92 Å². The second kappa shape index (κ2) is 5.43. The maximum Gasteiger partial charge on any atom is 0.0701 e. The SMILES string of the molecule is OC(Cc1ccc(Br)s1)C1CCNCC1. The maximum atomic E-state index is 10.1. The van der Waals surface area contributed by atoms with E-state index in [1.807, 2.05) is 0 Å². The van der Waals surface area contributed by atoms with Crippen LogP contribution in [0, 0.1) is 5.92 Å². The molecule has 1 unspecified atom stereocenters. The van der Waals surface area contributed by atoms with Crippen molar-refractivity contribution in [3.8, 4) is 0 Å². The van der Waals surface area contributed by atoms with Gasteiger partial charge < -0.3 is 10.4 Å². The van der Waals surface area contributed by atoms with Gasteiger partial charge in [0.2, 0.25) is 0 Å². The fraction of sp³-hybridized carbons (Fsp3) is 0.636. The van der Waals surface area contributed by atoms with Gasteiger partial charge in [-0.05, 0) is 59.9 Å². The summed E-state index contributed by atoms with van der Waals surface area (Å²) < 4.78 is 1.15. The molecule has 2 rings (SSSR count). The molecule has 1 saturated heterocycles. The van der Waals surface area contributed by atoms with Gasteiger partial charge in [0.15, 0.2) is 0 Å². The Labute approximate surface area is 103 Å². The van der Waals surface area contributed by atoms with E-state index in [2.05, 4.69) is 33.4 Å². The normalized spacial score (nSPS) is 20.4. The Morgan fingerprint density at radius 1 is 1.47 bits per heavy atom. The molecule has 84 valence electrons. The Hall–Kier alpha value is 0.1000. The van der Waals surface area contributed by atoms with Crippen LogP contribution in [0.25, 0.3) is 0 Å². The molecule has 1 fully saturated rings. The van der Waals surface area contributed by atoms with Gasteiger partial charge in [-0.2, -0.15) is 0 Å². The highest BCUT2D eigenvalue weighted by Crippen LogP contribution is 2.26. The number of nitrogens with one attached hydrogen (secondary N) is 1. The van der Waals surface area contributed by atoms with Gasteiger partial charge in [0.1, 0.15) is 0 Å². The first kappa shape index (κ1) is 11.6. The molecule has 1 aliphatic rings. The Morgan fingerprint density at radius 3 is 2.80 bits per heavy atom. The van der Waals surface area contributed by atoms with E-state index in [1.165, 1.54) is 4.88 Å². The molecule has 1 aromatic rings. The molecule has 0 bridgehead atoms. The van der Waals surface area contributed by atoms with E-state index in [4.69, 9.17) is 0 Å². The summed E-state index contributed by atoms with van der Waals surface area (Å²) in [7, 11) is 0. The van der Waals surface area contributed by atoms with Gasteiger partial charge in [0.05, 0.1) is 9.89 Å². The molecule has 0 saturated carbocycles. The van der Waals surface area contributed by atoms with E-state index in [0.717, 1.165) is 36.1 Å². The zero-order valence-electron chi connectivity index (χ0n) is 8.58. The molecule has 1 atom stereocenters. The maximum absolute atomic E-state index is 10.1. The van der Waals surface area contributed by atoms with Gasteiger partial charge in [-0.15, -0.1) is 11.3 Å². The van der Waals surface area contributed by atoms with E-state index in [1.54, 1.807) is 11.3 Å². The number of halogens is 1. The van der Waals surface area contributed by atoms with Gasteiger partial charge >= 0.3 is 0 Å². The summed E-state index contributed by atoms with van der Waals surface area (Å²) in [5.74, 6) is 0.479. The van der Waals surface area contributed by atoms with Crippen molar-refractivity contribution in [2.75, 3.05) is 13.1 Å². The van der Waals surface area contributed by atoms with Crippen LogP contribution in [-0.4, -0.2) is 24.3 Å². The van der Waals surface area contributed by atoms with Crippen LogP contribution in [0.4, 0.5) is 0 Å². The monoisotopic (exact) mass is 289 g/mol. The molecule has 0 aromatic carbocycles. The summed E-state index contributed by atoms with van der Waals surface area (Å²) >= 11 is 5.17. The predicted molar refractivity (Wildman–Crippen MR) is 67.3 cm³/mol. The van der Waals surface area contributed by atoms with E-state index in [0.29, 0.717) is 5.92 Å². The molecule has 0 amide bonds. The highest BCUT2D eigenvalue weighted by molar-refractivity contribution is 9.11. The van der Waals surface area contributed by atoms with Crippen molar-refractivity contribution < 1.29 is 5.11 Å². The predicted octanol–water partition coefficient (Wildman–Crippen LogP) is 2.41. The van der Waals surface area contributed by atoms with Crippen LogP contribution in [0.2, 0.25) is 0 Å². The summed E-state index contributed by atoms with van der Waals surface area (Å²) in [6.45, 7) is 2.10. The minimum absolute atomic E-state index is 0.169. The number of thiophene rings is 1. The topological polar surface area (TPSA) is 32.3 Å². The first-order chi connectivity index (χ1) is 7.25. The average molecular weight is 290 g/mol. The molecule has 15 heavy (non-hydrogen) atoms. The number of piperidine rings is 1. The Balaban J connectivity index is 1.88. The Morgan fingerprint density at radius 2 is 2.20 bits per heavy atom. The lowest BCUT2D eigenvalue weighted by atomic mass is 9.90. The average Bonchev–Trinajstić information content (AvgIpc) is 2.65. The zero-order valence-corrected chi connectivity index (χ0v) is 11.0. The van der Waals surface area contributed by atoms with Crippen LogP contribution in [0.15, 0.2) is 15.9 Å². The van der Waals surface area contributed by atoms with Crippen LogP contribution in [-0.2, 0) is 6.42 Å². The minimum Gasteiger partial charge on any atom is -0.392 e. The van der Waals surface area contributed by atoms with Crippen LogP contribution in [0.3, 0.4) is 0 Å². The summed E-state index contributed by atoms with van der Waals surface area (Å²) in [4.78, 5) is 1.27. The summed E-state index contributed by atoms with van der Waals surface area (Å²) in [5, 5.41) is 13.4. The van der Waals surface area contributed by atoms with Gasteiger partial charge in [-0.3, -0.25) is 0 Å². The fourth-order valence-corrected chi connectivity index (χ4v) is 3.60. The summed E-state index contributed by atoms with van der Waals surface area (Å²) in [6.07, 6.45) is 2.85.